The van der Waals surface area contributed by atoms with Crippen LogP contribution in [0.1, 0.15) is 45.4 Å². The number of hydrogen-bond acceptors (Lipinski definition) is 3. The van der Waals surface area contributed by atoms with Crippen molar-refractivity contribution in [1.82, 2.24) is 4.90 Å². The van der Waals surface area contributed by atoms with Crippen LogP contribution in [0.4, 0.5) is 0 Å². The highest BCUT2D eigenvalue weighted by atomic mass is 16.5. The predicted molar refractivity (Wildman–Crippen MR) is 71.0 cm³/mol. The highest BCUT2D eigenvalue weighted by molar-refractivity contribution is 4.82. The van der Waals surface area contributed by atoms with Crippen LogP contribution in [0.3, 0.4) is 0 Å². The lowest BCUT2D eigenvalue weighted by atomic mass is 9.97. The third-order valence-corrected chi connectivity index (χ3v) is 4.41. The third-order valence-electron chi connectivity index (χ3n) is 4.41. The molecule has 1 saturated heterocycles. The Morgan fingerprint density at radius 2 is 1.82 bits per heavy atom. The van der Waals surface area contributed by atoms with E-state index >= 15 is 0 Å². The van der Waals surface area contributed by atoms with Gasteiger partial charge in [0.1, 0.15) is 0 Å². The van der Waals surface area contributed by atoms with Crippen molar-refractivity contribution < 1.29 is 4.74 Å². The Bertz CT molecular complexity index is 208. The molecule has 0 aromatic rings. The highest BCUT2D eigenvalue weighted by Gasteiger charge is 2.26. The van der Waals surface area contributed by atoms with E-state index in [1.165, 1.54) is 51.6 Å². The monoisotopic (exact) mass is 240 g/mol. The summed E-state index contributed by atoms with van der Waals surface area (Å²) in [6.07, 6.45) is 8.37. The maximum absolute atomic E-state index is 6.33. The van der Waals surface area contributed by atoms with Crippen molar-refractivity contribution >= 4 is 0 Å². The van der Waals surface area contributed by atoms with Gasteiger partial charge in [-0.25, -0.2) is 0 Å². The Hall–Kier alpha value is -0.120. The molecule has 0 aromatic carbocycles. The number of rotatable bonds is 5. The van der Waals surface area contributed by atoms with E-state index in [0.29, 0.717) is 12.1 Å². The van der Waals surface area contributed by atoms with Gasteiger partial charge >= 0.3 is 0 Å². The SMILES string of the molecule is CCOC1CCN(CC(N)C2CCCC2)CC1. The molecule has 0 radical (unpaired) electrons. The molecule has 0 spiro atoms. The van der Waals surface area contributed by atoms with E-state index in [0.717, 1.165) is 19.1 Å². The van der Waals surface area contributed by atoms with Crippen LogP contribution in [0.5, 0.6) is 0 Å². The molecule has 2 rings (SSSR count). The van der Waals surface area contributed by atoms with E-state index in [-0.39, 0.29) is 0 Å². The minimum absolute atomic E-state index is 0.404. The average molecular weight is 240 g/mol. The van der Waals surface area contributed by atoms with Gasteiger partial charge < -0.3 is 15.4 Å². The van der Waals surface area contributed by atoms with Crippen molar-refractivity contribution in [2.75, 3.05) is 26.2 Å². The Morgan fingerprint density at radius 3 is 2.41 bits per heavy atom. The number of likely N-dealkylation sites (tertiary alicyclic amines) is 1. The first kappa shape index (κ1) is 13.3. The first-order valence-corrected chi connectivity index (χ1v) is 7.39. The van der Waals surface area contributed by atoms with Crippen LogP contribution < -0.4 is 5.73 Å². The summed E-state index contributed by atoms with van der Waals surface area (Å²) < 4.78 is 5.68. The molecule has 3 heteroatoms. The van der Waals surface area contributed by atoms with Crippen molar-refractivity contribution in [3.05, 3.63) is 0 Å². The topological polar surface area (TPSA) is 38.5 Å². The van der Waals surface area contributed by atoms with Crippen molar-refractivity contribution in [2.45, 2.75) is 57.6 Å². The van der Waals surface area contributed by atoms with Gasteiger partial charge in [0, 0.05) is 32.3 Å². The summed E-state index contributed by atoms with van der Waals surface area (Å²) in [4.78, 5) is 2.54. The molecule has 100 valence electrons. The van der Waals surface area contributed by atoms with E-state index in [1.54, 1.807) is 0 Å². The molecule has 17 heavy (non-hydrogen) atoms. The van der Waals surface area contributed by atoms with Gasteiger partial charge in [-0.15, -0.1) is 0 Å². The van der Waals surface area contributed by atoms with E-state index in [2.05, 4.69) is 11.8 Å². The molecule has 2 fully saturated rings. The molecule has 2 N–H and O–H groups in total. The lowest BCUT2D eigenvalue weighted by Gasteiger charge is -2.34. The van der Waals surface area contributed by atoms with Gasteiger partial charge in [-0.3, -0.25) is 0 Å². The molecule has 1 aliphatic heterocycles. The van der Waals surface area contributed by atoms with Gasteiger partial charge in [0.15, 0.2) is 0 Å². The van der Waals surface area contributed by atoms with E-state index in [4.69, 9.17) is 10.5 Å². The summed E-state index contributed by atoms with van der Waals surface area (Å²) in [7, 11) is 0. The standard InChI is InChI=1S/C14H28N2O/c1-2-17-13-7-9-16(10-8-13)11-14(15)12-5-3-4-6-12/h12-14H,2-11,15H2,1H3. The van der Waals surface area contributed by atoms with Gasteiger partial charge in [0.25, 0.3) is 0 Å². The summed E-state index contributed by atoms with van der Waals surface area (Å²) >= 11 is 0. The first-order valence-electron chi connectivity index (χ1n) is 7.39. The van der Waals surface area contributed by atoms with E-state index in [9.17, 15) is 0 Å². The lowest BCUT2D eigenvalue weighted by Crippen LogP contribution is -2.45. The molecular formula is C14H28N2O. The number of nitrogens with zero attached hydrogens (tertiary/aromatic N) is 1. The average Bonchev–Trinajstić information content (AvgIpc) is 2.86. The molecule has 1 unspecified atom stereocenters. The van der Waals surface area contributed by atoms with Crippen molar-refractivity contribution in [3.63, 3.8) is 0 Å². The van der Waals surface area contributed by atoms with E-state index in [1.807, 2.05) is 0 Å². The number of hydrogen-bond donors (Lipinski definition) is 1. The second-order valence-electron chi connectivity index (χ2n) is 5.66. The molecule has 1 atom stereocenters. The summed E-state index contributed by atoms with van der Waals surface area (Å²) in [5.41, 5.74) is 6.33. The summed E-state index contributed by atoms with van der Waals surface area (Å²) in [6, 6.07) is 0.404. The Labute approximate surface area is 106 Å². The van der Waals surface area contributed by atoms with Gasteiger partial charge in [-0.2, -0.15) is 0 Å². The molecule has 0 bridgehead atoms. The fraction of sp³-hybridized carbons (Fsp3) is 1.00. The smallest absolute Gasteiger partial charge is 0.0599 e. The second-order valence-corrected chi connectivity index (χ2v) is 5.66. The molecule has 2 aliphatic rings. The molecular weight excluding hydrogens is 212 g/mol. The zero-order valence-electron chi connectivity index (χ0n) is 11.2. The Morgan fingerprint density at radius 1 is 1.18 bits per heavy atom. The summed E-state index contributed by atoms with van der Waals surface area (Å²) in [6.45, 7) is 6.38. The van der Waals surface area contributed by atoms with Crippen LogP contribution in [-0.2, 0) is 4.74 Å². The van der Waals surface area contributed by atoms with Gasteiger partial charge in [-0.1, -0.05) is 12.8 Å². The summed E-state index contributed by atoms with van der Waals surface area (Å²) in [5, 5.41) is 0. The fourth-order valence-electron chi connectivity index (χ4n) is 3.33. The van der Waals surface area contributed by atoms with Crippen LogP contribution >= 0.6 is 0 Å². The number of piperidine rings is 1. The van der Waals surface area contributed by atoms with Crippen LogP contribution in [-0.4, -0.2) is 43.3 Å². The highest BCUT2D eigenvalue weighted by Crippen LogP contribution is 2.27. The van der Waals surface area contributed by atoms with Crippen molar-refractivity contribution in [3.8, 4) is 0 Å². The minimum atomic E-state index is 0.404. The minimum Gasteiger partial charge on any atom is -0.378 e. The zero-order valence-corrected chi connectivity index (χ0v) is 11.2. The summed E-state index contributed by atoms with van der Waals surface area (Å²) in [5.74, 6) is 0.791. The van der Waals surface area contributed by atoms with Crippen molar-refractivity contribution in [1.29, 1.82) is 0 Å². The molecule has 1 aliphatic carbocycles. The van der Waals surface area contributed by atoms with Gasteiger partial charge in [0.05, 0.1) is 6.10 Å². The van der Waals surface area contributed by atoms with Gasteiger partial charge in [0.2, 0.25) is 0 Å². The van der Waals surface area contributed by atoms with E-state index < -0.39 is 0 Å². The number of nitrogens with two attached hydrogens (primary N) is 1. The molecule has 0 aromatic heterocycles. The predicted octanol–water partition coefficient (Wildman–Crippen LogP) is 2.00. The Kier molecular flexibility index (Phi) is 5.26. The molecule has 1 saturated carbocycles. The largest absolute Gasteiger partial charge is 0.378 e. The van der Waals surface area contributed by atoms with Crippen LogP contribution in [0, 0.1) is 5.92 Å². The zero-order chi connectivity index (χ0) is 12.1. The van der Waals surface area contributed by atoms with Gasteiger partial charge in [-0.05, 0) is 38.5 Å². The second kappa shape index (κ2) is 6.72. The first-order chi connectivity index (χ1) is 8.29. The van der Waals surface area contributed by atoms with Crippen molar-refractivity contribution in [2.24, 2.45) is 11.7 Å². The quantitative estimate of drug-likeness (QED) is 0.799. The maximum atomic E-state index is 6.33. The lowest BCUT2D eigenvalue weighted by molar-refractivity contribution is 0.0120. The van der Waals surface area contributed by atoms with Crippen LogP contribution in [0.2, 0.25) is 0 Å². The molecule has 3 nitrogen and oxygen atoms in total. The number of ether oxygens (including phenoxy) is 1. The molecule has 1 heterocycles. The third kappa shape index (κ3) is 3.94. The fourth-order valence-corrected chi connectivity index (χ4v) is 3.33. The van der Waals surface area contributed by atoms with Crippen LogP contribution in [0.25, 0.3) is 0 Å². The normalized spacial score (nSPS) is 26.5. The van der Waals surface area contributed by atoms with Crippen LogP contribution in [0.15, 0.2) is 0 Å². The maximum Gasteiger partial charge on any atom is 0.0599 e. The molecule has 0 amide bonds. The Balaban J connectivity index is 1.66.